The zero-order valence-corrected chi connectivity index (χ0v) is 14.4. The third-order valence-corrected chi connectivity index (χ3v) is 4.13. The predicted molar refractivity (Wildman–Crippen MR) is 89.4 cm³/mol. The maximum absolute atomic E-state index is 12.6. The molecule has 2 fully saturated rings. The lowest BCUT2D eigenvalue weighted by atomic mass is 10.1. The largest absolute Gasteiger partial charge is 0.433 e. The molecule has 2 aliphatic heterocycles. The van der Waals surface area contributed by atoms with Crippen LogP contribution in [0.3, 0.4) is 0 Å². The maximum Gasteiger partial charge on any atom is 0.433 e. The molecule has 0 aliphatic carbocycles. The van der Waals surface area contributed by atoms with E-state index in [-0.39, 0.29) is 17.4 Å². The molecule has 0 atom stereocenters. The number of nitrogens with zero attached hydrogens (tertiary/aromatic N) is 2. The lowest BCUT2D eigenvalue weighted by molar-refractivity contribution is -0.141. The molecule has 2 saturated heterocycles. The van der Waals surface area contributed by atoms with Crippen LogP contribution in [0.25, 0.3) is 0 Å². The standard InChI is InChI=1S/C12H12F3N3O.C5H11NO/c13-12(14,15)10-2-1-8(7-16)11(18-10)17-9-3-5-19-6-4-9;6-5-1-3-7-4-2-5/h1-2,9H,3-6H2,(H,17,18);5H,1-4,6H2. The van der Waals surface area contributed by atoms with Crippen LogP contribution < -0.4 is 11.1 Å². The Balaban J connectivity index is 0.000000290. The van der Waals surface area contributed by atoms with Gasteiger partial charge >= 0.3 is 6.18 Å². The summed E-state index contributed by atoms with van der Waals surface area (Å²) < 4.78 is 48.0. The monoisotopic (exact) mass is 372 g/mol. The van der Waals surface area contributed by atoms with Crippen LogP contribution >= 0.6 is 0 Å². The first-order valence-electron chi connectivity index (χ1n) is 8.56. The summed E-state index contributed by atoms with van der Waals surface area (Å²) in [6.45, 7) is 2.83. The van der Waals surface area contributed by atoms with E-state index >= 15 is 0 Å². The lowest BCUT2D eigenvalue weighted by Gasteiger charge is -2.24. The highest BCUT2D eigenvalue weighted by molar-refractivity contribution is 5.53. The number of ether oxygens (including phenoxy) is 2. The smallest absolute Gasteiger partial charge is 0.381 e. The summed E-state index contributed by atoms with van der Waals surface area (Å²) >= 11 is 0. The van der Waals surface area contributed by atoms with E-state index in [0.29, 0.717) is 32.1 Å². The predicted octanol–water partition coefficient (Wildman–Crippen LogP) is 2.69. The quantitative estimate of drug-likeness (QED) is 0.829. The molecule has 3 heterocycles. The van der Waals surface area contributed by atoms with E-state index in [4.69, 9.17) is 20.5 Å². The van der Waals surface area contributed by atoms with E-state index in [9.17, 15) is 13.2 Å². The van der Waals surface area contributed by atoms with Gasteiger partial charge in [0.05, 0.1) is 5.56 Å². The fourth-order valence-corrected chi connectivity index (χ4v) is 2.57. The van der Waals surface area contributed by atoms with Crippen molar-refractivity contribution in [2.45, 2.75) is 43.9 Å². The molecule has 1 aromatic rings. The molecule has 0 unspecified atom stereocenters. The average molecular weight is 372 g/mol. The van der Waals surface area contributed by atoms with Gasteiger partial charge in [0.1, 0.15) is 17.6 Å². The van der Waals surface area contributed by atoms with Gasteiger partial charge in [0.15, 0.2) is 0 Å². The number of nitrogens with two attached hydrogens (primary N) is 1. The minimum atomic E-state index is -4.51. The number of anilines is 1. The zero-order chi connectivity index (χ0) is 19.0. The van der Waals surface area contributed by atoms with Gasteiger partial charge in [-0.25, -0.2) is 4.98 Å². The number of alkyl halides is 3. The van der Waals surface area contributed by atoms with Gasteiger partial charge in [-0.1, -0.05) is 0 Å². The number of hydrogen-bond acceptors (Lipinski definition) is 6. The number of nitrogens with one attached hydrogen (secondary N) is 1. The first-order valence-corrected chi connectivity index (χ1v) is 8.56. The Morgan fingerprint density at radius 3 is 2.12 bits per heavy atom. The van der Waals surface area contributed by atoms with Crippen molar-refractivity contribution in [2.24, 2.45) is 5.73 Å². The van der Waals surface area contributed by atoms with Gasteiger partial charge < -0.3 is 20.5 Å². The van der Waals surface area contributed by atoms with Gasteiger partial charge in [-0.3, -0.25) is 0 Å². The topological polar surface area (TPSA) is 93.2 Å². The van der Waals surface area contributed by atoms with Crippen molar-refractivity contribution in [3.05, 3.63) is 23.4 Å². The third kappa shape index (κ3) is 6.44. The van der Waals surface area contributed by atoms with Crippen LogP contribution in [0.15, 0.2) is 12.1 Å². The van der Waals surface area contributed by atoms with Crippen molar-refractivity contribution in [3.63, 3.8) is 0 Å². The molecule has 144 valence electrons. The first kappa shape index (κ1) is 20.4. The Kier molecular flexibility index (Phi) is 7.63. The summed E-state index contributed by atoms with van der Waals surface area (Å²) in [5.41, 5.74) is 4.67. The molecule has 0 bridgehead atoms. The van der Waals surface area contributed by atoms with Crippen LogP contribution in [0, 0.1) is 11.3 Å². The van der Waals surface area contributed by atoms with Crippen molar-refractivity contribution < 1.29 is 22.6 Å². The van der Waals surface area contributed by atoms with Crippen LogP contribution in [-0.2, 0) is 15.7 Å². The second-order valence-electron chi connectivity index (χ2n) is 6.18. The van der Waals surface area contributed by atoms with E-state index in [0.717, 1.165) is 38.2 Å². The minimum Gasteiger partial charge on any atom is -0.381 e. The van der Waals surface area contributed by atoms with Crippen LogP contribution in [-0.4, -0.2) is 43.5 Å². The number of aromatic nitrogens is 1. The molecule has 0 amide bonds. The second kappa shape index (κ2) is 9.71. The average Bonchev–Trinajstić information content (AvgIpc) is 2.63. The Labute approximate surface area is 150 Å². The SMILES string of the molecule is N#Cc1ccc(C(F)(F)F)nc1NC1CCOCC1.NC1CCOCC1. The molecule has 2 aliphatic rings. The van der Waals surface area contributed by atoms with E-state index in [1.54, 1.807) is 0 Å². The normalized spacial score (nSPS) is 19.2. The van der Waals surface area contributed by atoms with E-state index in [1.165, 1.54) is 0 Å². The van der Waals surface area contributed by atoms with Crippen LogP contribution in [0.2, 0.25) is 0 Å². The highest BCUT2D eigenvalue weighted by Crippen LogP contribution is 2.29. The molecular formula is C17H23F3N4O2. The number of rotatable bonds is 2. The minimum absolute atomic E-state index is 0.00998. The van der Waals surface area contributed by atoms with Crippen molar-refractivity contribution in [1.82, 2.24) is 4.98 Å². The number of pyridine rings is 1. The summed E-state index contributed by atoms with van der Waals surface area (Å²) in [5, 5.41) is 11.8. The zero-order valence-electron chi connectivity index (χ0n) is 14.4. The number of nitriles is 1. The van der Waals surface area contributed by atoms with Gasteiger partial charge in [-0.2, -0.15) is 18.4 Å². The lowest BCUT2D eigenvalue weighted by Crippen LogP contribution is -2.29. The van der Waals surface area contributed by atoms with E-state index in [1.807, 2.05) is 6.07 Å². The Morgan fingerprint density at radius 1 is 1.08 bits per heavy atom. The van der Waals surface area contributed by atoms with Gasteiger partial charge in [0.25, 0.3) is 0 Å². The van der Waals surface area contributed by atoms with Crippen molar-refractivity contribution in [1.29, 1.82) is 5.26 Å². The molecule has 0 spiro atoms. The molecular weight excluding hydrogens is 349 g/mol. The fourth-order valence-electron chi connectivity index (χ4n) is 2.57. The Morgan fingerprint density at radius 2 is 1.65 bits per heavy atom. The molecule has 3 rings (SSSR count). The Hall–Kier alpha value is -1.89. The van der Waals surface area contributed by atoms with Crippen LogP contribution in [0.5, 0.6) is 0 Å². The van der Waals surface area contributed by atoms with Crippen molar-refractivity contribution >= 4 is 5.82 Å². The molecule has 6 nitrogen and oxygen atoms in total. The van der Waals surface area contributed by atoms with Gasteiger partial charge in [-0.05, 0) is 37.8 Å². The summed E-state index contributed by atoms with van der Waals surface area (Å²) in [4.78, 5) is 3.51. The third-order valence-electron chi connectivity index (χ3n) is 4.13. The van der Waals surface area contributed by atoms with Crippen LogP contribution in [0.1, 0.15) is 36.9 Å². The molecule has 9 heteroatoms. The molecule has 0 radical (unpaired) electrons. The maximum atomic E-state index is 12.6. The number of halogens is 3. The second-order valence-corrected chi connectivity index (χ2v) is 6.18. The fraction of sp³-hybridized carbons (Fsp3) is 0.647. The molecule has 26 heavy (non-hydrogen) atoms. The van der Waals surface area contributed by atoms with Crippen molar-refractivity contribution in [2.75, 3.05) is 31.7 Å². The highest BCUT2D eigenvalue weighted by atomic mass is 19.4. The van der Waals surface area contributed by atoms with E-state index in [2.05, 4.69) is 10.3 Å². The summed E-state index contributed by atoms with van der Waals surface area (Å²) in [6.07, 6.45) is -1.06. The summed E-state index contributed by atoms with van der Waals surface area (Å²) in [7, 11) is 0. The highest BCUT2D eigenvalue weighted by Gasteiger charge is 2.33. The van der Waals surface area contributed by atoms with Crippen LogP contribution in [0.4, 0.5) is 19.0 Å². The molecule has 3 N–H and O–H groups in total. The van der Waals surface area contributed by atoms with Gasteiger partial charge in [-0.15, -0.1) is 0 Å². The molecule has 0 aromatic carbocycles. The first-order chi connectivity index (χ1) is 12.4. The summed E-state index contributed by atoms with van der Waals surface area (Å²) in [5.74, 6) is -0.00998. The van der Waals surface area contributed by atoms with Crippen molar-refractivity contribution in [3.8, 4) is 6.07 Å². The number of hydrogen-bond donors (Lipinski definition) is 2. The summed E-state index contributed by atoms with van der Waals surface area (Å²) in [6, 6.07) is 4.18. The molecule has 1 aromatic heterocycles. The van der Waals surface area contributed by atoms with E-state index < -0.39 is 11.9 Å². The van der Waals surface area contributed by atoms with Gasteiger partial charge in [0, 0.05) is 38.5 Å². The molecule has 0 saturated carbocycles. The Bertz CT molecular complexity index is 607. The van der Waals surface area contributed by atoms with Gasteiger partial charge in [0.2, 0.25) is 0 Å².